The molecular weight excluding hydrogens is 627 g/mol. The smallest absolute Gasteiger partial charge is 0.387 e. The summed E-state index contributed by atoms with van der Waals surface area (Å²) in [6.45, 7) is -2.25. The van der Waals surface area contributed by atoms with Crippen molar-refractivity contribution in [1.29, 1.82) is 0 Å². The van der Waals surface area contributed by atoms with Gasteiger partial charge in [-0.25, -0.2) is 8.42 Å². The number of carbonyl (C=O) groups is 1. The number of aromatic nitrogens is 1. The van der Waals surface area contributed by atoms with Gasteiger partial charge in [-0.3, -0.25) is 14.5 Å². The lowest BCUT2D eigenvalue weighted by Crippen LogP contribution is -2.30. The third-order valence-corrected chi connectivity index (χ3v) is 8.30. The number of carbonyl (C=O) groups excluding carboxylic acids is 1. The maximum atomic E-state index is 13.3. The molecule has 1 fully saturated rings. The number of fused-ring (bicyclic) bond motifs is 1. The molecule has 1 aromatic heterocycles. The van der Waals surface area contributed by atoms with E-state index in [1.54, 1.807) is 18.2 Å². The van der Waals surface area contributed by atoms with Gasteiger partial charge in [-0.15, -0.1) is 0 Å². The molecule has 2 heterocycles. The third kappa shape index (κ3) is 8.39. The second kappa shape index (κ2) is 13.1. The first-order chi connectivity index (χ1) is 20.4. The molecule has 0 saturated heterocycles. The zero-order valence-electron chi connectivity index (χ0n) is 23.1. The van der Waals surface area contributed by atoms with Gasteiger partial charge in [0.15, 0.2) is 11.5 Å². The van der Waals surface area contributed by atoms with Crippen LogP contribution < -0.4 is 19.1 Å². The SMILES string of the molecule is CS(=O)(=O)Nc1ccc2c(c1)CCN2CC(=O)OC(Cc1c(Cl)cncc1Cl)c1ccc(OC(F)F)c(OCC2CC2)c1. The summed E-state index contributed by atoms with van der Waals surface area (Å²) < 4.78 is 68.3. The van der Waals surface area contributed by atoms with E-state index in [-0.39, 0.29) is 34.5 Å². The fraction of sp³-hybridized carbons (Fsp3) is 0.379. The average Bonchev–Trinajstić information content (AvgIpc) is 3.68. The fourth-order valence-corrected chi connectivity index (χ4v) is 5.91. The normalized spacial score (nSPS) is 15.3. The predicted octanol–water partition coefficient (Wildman–Crippen LogP) is 6.04. The minimum atomic E-state index is -3.43. The summed E-state index contributed by atoms with van der Waals surface area (Å²) in [6.07, 6.45) is 5.72. The highest BCUT2D eigenvalue weighted by molar-refractivity contribution is 7.92. The second-order valence-corrected chi connectivity index (χ2v) is 13.1. The maximum absolute atomic E-state index is 13.3. The molecule has 14 heteroatoms. The van der Waals surface area contributed by atoms with Gasteiger partial charge in [-0.2, -0.15) is 8.78 Å². The molecule has 1 aliphatic carbocycles. The van der Waals surface area contributed by atoms with Gasteiger partial charge in [0.2, 0.25) is 10.0 Å². The average molecular weight is 657 g/mol. The van der Waals surface area contributed by atoms with E-state index in [0.29, 0.717) is 42.3 Å². The lowest BCUT2D eigenvalue weighted by Gasteiger charge is -2.24. The van der Waals surface area contributed by atoms with Crippen molar-refractivity contribution in [3.63, 3.8) is 0 Å². The quantitative estimate of drug-likeness (QED) is 0.222. The van der Waals surface area contributed by atoms with Gasteiger partial charge < -0.3 is 19.1 Å². The number of alkyl halides is 2. The summed E-state index contributed by atoms with van der Waals surface area (Å²) >= 11 is 12.8. The molecule has 0 spiro atoms. The number of esters is 1. The van der Waals surface area contributed by atoms with Gasteiger partial charge in [0.25, 0.3) is 0 Å². The largest absolute Gasteiger partial charge is 0.489 e. The van der Waals surface area contributed by atoms with Crippen molar-refractivity contribution in [1.82, 2.24) is 4.98 Å². The van der Waals surface area contributed by atoms with E-state index in [2.05, 4.69) is 14.4 Å². The second-order valence-electron chi connectivity index (χ2n) is 10.5. The van der Waals surface area contributed by atoms with Crippen LogP contribution in [0, 0.1) is 5.92 Å². The summed E-state index contributed by atoms with van der Waals surface area (Å²) in [7, 11) is -3.43. The van der Waals surface area contributed by atoms with E-state index in [0.717, 1.165) is 30.3 Å². The molecule has 43 heavy (non-hydrogen) atoms. The van der Waals surface area contributed by atoms with Crippen molar-refractivity contribution in [2.75, 3.05) is 35.6 Å². The van der Waals surface area contributed by atoms with Crippen molar-refractivity contribution >= 4 is 50.6 Å². The van der Waals surface area contributed by atoms with Crippen LogP contribution in [0.3, 0.4) is 0 Å². The summed E-state index contributed by atoms with van der Waals surface area (Å²) in [5.41, 5.74) is 3.10. The third-order valence-electron chi connectivity index (χ3n) is 7.04. The van der Waals surface area contributed by atoms with Crippen molar-refractivity contribution in [3.05, 3.63) is 75.5 Å². The Morgan fingerprint density at radius 1 is 1.12 bits per heavy atom. The standard InChI is InChI=1S/C29H29Cl2F2N3O6S/c1-43(38,39)35-20-5-6-24-18(10-20)8-9-36(24)15-28(37)41-26(12-21-22(30)13-34-14-23(21)31)19-4-7-25(42-29(32)33)27(11-19)40-16-17-2-3-17/h4-7,10-11,13-14,17,26,29,35H,2-3,8-9,12,15-16H2,1H3. The van der Waals surface area contributed by atoms with Crippen LogP contribution >= 0.6 is 23.2 Å². The number of pyridine rings is 1. The Morgan fingerprint density at radius 3 is 2.53 bits per heavy atom. The van der Waals surface area contributed by atoms with E-state index < -0.39 is 28.7 Å². The first-order valence-electron chi connectivity index (χ1n) is 13.5. The van der Waals surface area contributed by atoms with Crippen LogP contribution in [0.25, 0.3) is 0 Å². The molecule has 9 nitrogen and oxygen atoms in total. The number of anilines is 2. The lowest BCUT2D eigenvalue weighted by molar-refractivity contribution is -0.147. The number of rotatable bonds is 13. The summed E-state index contributed by atoms with van der Waals surface area (Å²) in [5.74, 6) is -0.203. The topological polar surface area (TPSA) is 107 Å². The van der Waals surface area contributed by atoms with Crippen molar-refractivity contribution in [3.8, 4) is 11.5 Å². The van der Waals surface area contributed by atoms with Crippen molar-refractivity contribution < 1.29 is 36.2 Å². The zero-order valence-corrected chi connectivity index (χ0v) is 25.4. The minimum Gasteiger partial charge on any atom is -0.489 e. The number of hydrogen-bond donors (Lipinski definition) is 1. The van der Waals surface area contributed by atoms with Crippen LogP contribution in [0.1, 0.15) is 35.6 Å². The van der Waals surface area contributed by atoms with Crippen LogP contribution in [0.15, 0.2) is 48.8 Å². The van der Waals surface area contributed by atoms with Gasteiger partial charge in [0.05, 0.1) is 22.9 Å². The number of halogens is 4. The van der Waals surface area contributed by atoms with E-state index >= 15 is 0 Å². The monoisotopic (exact) mass is 655 g/mol. The van der Waals surface area contributed by atoms with Gasteiger partial charge in [-0.1, -0.05) is 29.3 Å². The Labute approximate surface area is 258 Å². The maximum Gasteiger partial charge on any atom is 0.387 e. The van der Waals surface area contributed by atoms with Gasteiger partial charge in [0.1, 0.15) is 12.6 Å². The molecule has 0 radical (unpaired) electrons. The van der Waals surface area contributed by atoms with Gasteiger partial charge in [-0.05, 0) is 72.2 Å². The first-order valence-corrected chi connectivity index (χ1v) is 16.1. The summed E-state index contributed by atoms with van der Waals surface area (Å²) in [6, 6.07) is 9.55. The van der Waals surface area contributed by atoms with Crippen LogP contribution in [0.5, 0.6) is 11.5 Å². The summed E-state index contributed by atoms with van der Waals surface area (Å²) in [4.78, 5) is 19.2. The molecule has 230 valence electrons. The van der Waals surface area contributed by atoms with Crippen LogP contribution in [-0.4, -0.2) is 51.9 Å². The molecule has 2 aromatic carbocycles. The molecule has 1 saturated carbocycles. The molecule has 1 aliphatic heterocycles. The van der Waals surface area contributed by atoms with Crippen molar-refractivity contribution in [2.45, 2.75) is 38.4 Å². The summed E-state index contributed by atoms with van der Waals surface area (Å²) in [5, 5.41) is 0.562. The minimum absolute atomic E-state index is 0.0835. The molecule has 1 N–H and O–H groups in total. The first kappa shape index (κ1) is 31.1. The molecule has 2 aliphatic rings. The molecule has 1 atom stereocenters. The molecule has 3 aromatic rings. The van der Waals surface area contributed by atoms with E-state index in [4.69, 9.17) is 32.7 Å². The predicted molar refractivity (Wildman–Crippen MR) is 159 cm³/mol. The van der Waals surface area contributed by atoms with Crippen LogP contribution in [0.2, 0.25) is 10.0 Å². The highest BCUT2D eigenvalue weighted by Crippen LogP contribution is 2.38. The highest BCUT2D eigenvalue weighted by Gasteiger charge is 2.28. The Kier molecular flexibility index (Phi) is 9.48. The molecular formula is C29H29Cl2F2N3O6S. The number of hydrogen-bond acceptors (Lipinski definition) is 8. The Morgan fingerprint density at radius 2 is 1.86 bits per heavy atom. The lowest BCUT2D eigenvalue weighted by atomic mass is 10.0. The molecule has 1 unspecified atom stereocenters. The van der Waals surface area contributed by atoms with E-state index in [1.165, 1.54) is 30.6 Å². The molecule has 0 amide bonds. The number of nitrogens with zero attached hydrogens (tertiary/aromatic N) is 2. The van der Waals surface area contributed by atoms with Crippen LogP contribution in [0.4, 0.5) is 20.2 Å². The molecule has 0 bridgehead atoms. The van der Waals surface area contributed by atoms with Gasteiger partial charge in [0, 0.05) is 36.7 Å². The number of sulfonamides is 1. The number of ether oxygens (including phenoxy) is 3. The van der Waals surface area contributed by atoms with E-state index in [9.17, 15) is 22.0 Å². The number of benzene rings is 2. The Balaban J connectivity index is 1.38. The Bertz CT molecular complexity index is 1590. The Hall–Kier alpha value is -3.35. The van der Waals surface area contributed by atoms with Crippen LogP contribution in [-0.2, 0) is 32.4 Å². The number of nitrogens with one attached hydrogen (secondary N) is 1. The van der Waals surface area contributed by atoms with Gasteiger partial charge >= 0.3 is 12.6 Å². The zero-order chi connectivity index (χ0) is 30.7. The van der Waals surface area contributed by atoms with Crippen molar-refractivity contribution in [2.24, 2.45) is 5.92 Å². The van der Waals surface area contributed by atoms with E-state index in [1.807, 2.05) is 4.90 Å². The fourth-order valence-electron chi connectivity index (χ4n) is 4.83. The highest BCUT2D eigenvalue weighted by atomic mass is 35.5. The molecule has 5 rings (SSSR count).